The lowest BCUT2D eigenvalue weighted by Crippen LogP contribution is -2.34. The van der Waals surface area contributed by atoms with Crippen molar-refractivity contribution in [2.24, 2.45) is 5.73 Å². The highest BCUT2D eigenvalue weighted by Crippen LogP contribution is 2.34. The topological polar surface area (TPSA) is 74.2 Å². The van der Waals surface area contributed by atoms with Gasteiger partial charge < -0.3 is 15.0 Å². The SMILES string of the molecule is NC1(c2noc(CCOc3ccc(Br)cc3F)n2)CCCC1. The lowest BCUT2D eigenvalue weighted by molar-refractivity contribution is 0.279. The first kappa shape index (κ1) is 15.4. The second kappa shape index (κ2) is 6.34. The van der Waals surface area contributed by atoms with Gasteiger partial charge in [-0.25, -0.2) is 4.39 Å². The highest BCUT2D eigenvalue weighted by atomic mass is 79.9. The maximum Gasteiger partial charge on any atom is 0.230 e. The van der Waals surface area contributed by atoms with Crippen molar-refractivity contribution in [3.05, 3.63) is 40.2 Å². The summed E-state index contributed by atoms with van der Waals surface area (Å²) in [7, 11) is 0. The molecule has 0 radical (unpaired) electrons. The molecule has 0 bridgehead atoms. The molecule has 118 valence electrons. The summed E-state index contributed by atoms with van der Waals surface area (Å²) in [6, 6.07) is 4.66. The minimum atomic E-state index is -0.458. The van der Waals surface area contributed by atoms with Crippen molar-refractivity contribution in [1.29, 1.82) is 0 Å². The maximum atomic E-state index is 13.6. The molecule has 5 nitrogen and oxygen atoms in total. The van der Waals surface area contributed by atoms with Crippen molar-refractivity contribution in [3.63, 3.8) is 0 Å². The highest BCUT2D eigenvalue weighted by Gasteiger charge is 2.35. The van der Waals surface area contributed by atoms with Crippen molar-refractivity contribution in [3.8, 4) is 5.75 Å². The third-order valence-electron chi connectivity index (χ3n) is 3.88. The van der Waals surface area contributed by atoms with Crippen molar-refractivity contribution in [1.82, 2.24) is 10.1 Å². The Morgan fingerprint density at radius 1 is 1.36 bits per heavy atom. The second-order valence-corrected chi connectivity index (χ2v) is 6.46. The summed E-state index contributed by atoms with van der Waals surface area (Å²) in [6.45, 7) is 0.262. The molecular formula is C15H17BrFN3O2. The standard InChI is InChI=1S/C15H17BrFN3O2/c16-10-3-4-12(11(17)9-10)21-8-5-13-19-14(20-22-13)15(18)6-1-2-7-15/h3-4,9H,1-2,5-8,18H2. The molecule has 0 saturated heterocycles. The molecule has 1 saturated carbocycles. The lowest BCUT2D eigenvalue weighted by Gasteiger charge is -2.17. The molecule has 1 aromatic heterocycles. The largest absolute Gasteiger partial charge is 0.490 e. The number of nitrogens with zero attached hydrogens (tertiary/aromatic N) is 2. The molecule has 2 aromatic rings. The maximum absolute atomic E-state index is 13.6. The predicted octanol–water partition coefficient (Wildman–Crippen LogP) is 3.32. The van der Waals surface area contributed by atoms with Gasteiger partial charge in [0, 0.05) is 4.47 Å². The molecule has 0 unspecified atom stereocenters. The third-order valence-corrected chi connectivity index (χ3v) is 4.37. The third kappa shape index (κ3) is 3.30. The van der Waals surface area contributed by atoms with Gasteiger partial charge in [0.05, 0.1) is 18.6 Å². The van der Waals surface area contributed by atoms with Gasteiger partial charge in [-0.3, -0.25) is 0 Å². The Bertz CT molecular complexity index is 656. The van der Waals surface area contributed by atoms with Crippen molar-refractivity contribution >= 4 is 15.9 Å². The van der Waals surface area contributed by atoms with E-state index in [1.54, 1.807) is 12.1 Å². The van der Waals surface area contributed by atoms with Crippen LogP contribution in [0, 0.1) is 5.82 Å². The molecular weight excluding hydrogens is 353 g/mol. The first-order valence-corrected chi connectivity index (χ1v) is 8.06. The number of aromatic nitrogens is 2. The van der Waals surface area contributed by atoms with Gasteiger partial charge in [0.15, 0.2) is 17.4 Å². The van der Waals surface area contributed by atoms with Gasteiger partial charge in [-0.2, -0.15) is 4.98 Å². The summed E-state index contributed by atoms with van der Waals surface area (Å²) in [4.78, 5) is 4.35. The molecule has 3 rings (SSSR count). The second-order valence-electron chi connectivity index (χ2n) is 5.55. The summed E-state index contributed by atoms with van der Waals surface area (Å²) in [5.74, 6) is 0.820. The highest BCUT2D eigenvalue weighted by molar-refractivity contribution is 9.10. The van der Waals surface area contributed by atoms with E-state index in [2.05, 4.69) is 26.1 Å². The first-order chi connectivity index (χ1) is 10.6. The van der Waals surface area contributed by atoms with Crippen LogP contribution in [0.15, 0.2) is 27.2 Å². The van der Waals surface area contributed by atoms with Gasteiger partial charge in [0.25, 0.3) is 0 Å². The lowest BCUT2D eigenvalue weighted by atomic mass is 9.99. The van der Waals surface area contributed by atoms with Gasteiger partial charge in [0.1, 0.15) is 0 Å². The summed E-state index contributed by atoms with van der Waals surface area (Å²) in [5.41, 5.74) is 5.82. The molecule has 1 aromatic carbocycles. The van der Waals surface area contributed by atoms with Crippen molar-refractivity contribution in [2.45, 2.75) is 37.6 Å². The summed E-state index contributed by atoms with van der Waals surface area (Å²) in [5, 5.41) is 3.98. The van der Waals surface area contributed by atoms with Crippen molar-refractivity contribution < 1.29 is 13.7 Å². The van der Waals surface area contributed by atoms with Crippen LogP contribution in [0.5, 0.6) is 5.75 Å². The molecule has 2 N–H and O–H groups in total. The summed E-state index contributed by atoms with van der Waals surface area (Å²) >= 11 is 3.20. The number of hydrogen-bond donors (Lipinski definition) is 1. The van der Waals surface area contributed by atoms with E-state index in [9.17, 15) is 4.39 Å². The van der Waals surface area contributed by atoms with Crippen LogP contribution < -0.4 is 10.5 Å². The zero-order chi connectivity index (χ0) is 15.6. The van der Waals surface area contributed by atoms with Crippen LogP contribution >= 0.6 is 15.9 Å². The monoisotopic (exact) mass is 369 g/mol. The molecule has 0 amide bonds. The molecule has 1 aliphatic rings. The van der Waals surface area contributed by atoms with E-state index in [0.29, 0.717) is 22.6 Å². The number of benzene rings is 1. The quantitative estimate of drug-likeness (QED) is 0.874. The van der Waals surface area contributed by atoms with Crippen LogP contribution in [0.2, 0.25) is 0 Å². The summed E-state index contributed by atoms with van der Waals surface area (Å²) < 4.78 is 24.9. The average Bonchev–Trinajstić information content (AvgIpc) is 3.11. The van der Waals surface area contributed by atoms with Gasteiger partial charge in [-0.15, -0.1) is 0 Å². The van der Waals surface area contributed by atoms with Crippen LogP contribution in [-0.2, 0) is 12.0 Å². The molecule has 1 fully saturated rings. The van der Waals surface area contributed by atoms with Crippen LogP contribution in [0.1, 0.15) is 37.4 Å². The number of hydrogen-bond acceptors (Lipinski definition) is 5. The minimum Gasteiger partial charge on any atom is -0.490 e. The number of halogens is 2. The fraction of sp³-hybridized carbons (Fsp3) is 0.467. The van der Waals surface area contributed by atoms with Crippen molar-refractivity contribution in [2.75, 3.05) is 6.61 Å². The van der Waals surface area contributed by atoms with Crippen LogP contribution in [0.4, 0.5) is 4.39 Å². The van der Waals surface area contributed by atoms with E-state index in [0.717, 1.165) is 25.7 Å². The smallest absolute Gasteiger partial charge is 0.230 e. The van der Waals surface area contributed by atoms with Crippen LogP contribution in [0.3, 0.4) is 0 Å². The summed E-state index contributed by atoms with van der Waals surface area (Å²) in [6.07, 6.45) is 4.36. The average molecular weight is 370 g/mol. The Kier molecular flexibility index (Phi) is 4.44. The number of rotatable bonds is 5. The first-order valence-electron chi connectivity index (χ1n) is 7.27. The Morgan fingerprint density at radius 2 is 2.14 bits per heavy atom. The van der Waals surface area contributed by atoms with E-state index in [1.165, 1.54) is 6.07 Å². The van der Waals surface area contributed by atoms with Gasteiger partial charge in [0.2, 0.25) is 5.89 Å². The van der Waals surface area contributed by atoms with E-state index in [-0.39, 0.29) is 12.4 Å². The fourth-order valence-corrected chi connectivity index (χ4v) is 2.96. The number of ether oxygens (including phenoxy) is 1. The predicted molar refractivity (Wildman–Crippen MR) is 81.9 cm³/mol. The molecule has 0 atom stereocenters. The minimum absolute atomic E-state index is 0.203. The normalized spacial score (nSPS) is 16.9. The molecule has 22 heavy (non-hydrogen) atoms. The van der Waals surface area contributed by atoms with E-state index in [1.807, 2.05) is 0 Å². The van der Waals surface area contributed by atoms with E-state index in [4.69, 9.17) is 15.0 Å². The Labute approximate surface area is 136 Å². The molecule has 7 heteroatoms. The van der Waals surface area contributed by atoms with Crippen LogP contribution in [0.25, 0.3) is 0 Å². The zero-order valence-corrected chi connectivity index (χ0v) is 13.6. The number of nitrogens with two attached hydrogens (primary N) is 1. The van der Waals surface area contributed by atoms with Gasteiger partial charge >= 0.3 is 0 Å². The van der Waals surface area contributed by atoms with Gasteiger partial charge in [-0.1, -0.05) is 33.9 Å². The fourth-order valence-electron chi connectivity index (χ4n) is 2.63. The molecule has 1 aliphatic carbocycles. The zero-order valence-electron chi connectivity index (χ0n) is 12.0. The molecule has 1 heterocycles. The Hall–Kier alpha value is -1.47. The van der Waals surface area contributed by atoms with E-state index >= 15 is 0 Å². The Balaban J connectivity index is 1.57. The van der Waals surface area contributed by atoms with E-state index < -0.39 is 11.4 Å². The van der Waals surface area contributed by atoms with Crippen LogP contribution in [-0.4, -0.2) is 16.7 Å². The Morgan fingerprint density at radius 3 is 2.86 bits per heavy atom. The van der Waals surface area contributed by atoms with Gasteiger partial charge in [-0.05, 0) is 31.0 Å². The molecule has 0 spiro atoms. The molecule has 0 aliphatic heterocycles.